The quantitative estimate of drug-likeness (QED) is 0.514. The van der Waals surface area contributed by atoms with Gasteiger partial charge in [-0.15, -0.1) is 0 Å². The molecule has 1 nitrogen and oxygen atoms in total. The number of benzene rings is 2. The second kappa shape index (κ2) is 5.61. The van der Waals surface area contributed by atoms with Gasteiger partial charge >= 0.3 is 0 Å². The maximum atomic E-state index is 13.8. The van der Waals surface area contributed by atoms with Gasteiger partial charge < -0.3 is 0 Å². The van der Waals surface area contributed by atoms with Crippen LogP contribution in [0.25, 0.3) is 0 Å². The number of ketones is 1. The standard InChI is InChI=1S/C14H8BrCl2FO/c1-7-2-3-8(4-11(7)16)14(19)9-5-12(17)10(15)6-13(9)18/h2-6H,1H3. The number of hydrogen-bond acceptors (Lipinski definition) is 1. The van der Waals surface area contributed by atoms with Crippen molar-refractivity contribution in [2.45, 2.75) is 6.92 Å². The van der Waals surface area contributed by atoms with E-state index in [2.05, 4.69) is 15.9 Å². The van der Waals surface area contributed by atoms with Gasteiger partial charge in [-0.25, -0.2) is 4.39 Å². The van der Waals surface area contributed by atoms with Crippen LogP contribution in [-0.4, -0.2) is 5.78 Å². The Balaban J connectivity index is 2.49. The highest BCUT2D eigenvalue weighted by atomic mass is 79.9. The normalized spacial score (nSPS) is 10.6. The lowest BCUT2D eigenvalue weighted by molar-refractivity contribution is 0.103. The summed E-state index contributed by atoms with van der Waals surface area (Å²) in [5, 5.41) is 0.748. The van der Waals surface area contributed by atoms with Crippen molar-refractivity contribution in [3.63, 3.8) is 0 Å². The molecule has 5 heteroatoms. The minimum Gasteiger partial charge on any atom is -0.288 e. The van der Waals surface area contributed by atoms with Crippen molar-refractivity contribution < 1.29 is 9.18 Å². The van der Waals surface area contributed by atoms with Gasteiger partial charge in [-0.3, -0.25) is 4.79 Å². The van der Waals surface area contributed by atoms with Gasteiger partial charge in [0.15, 0.2) is 5.78 Å². The third-order valence-electron chi connectivity index (χ3n) is 2.69. The highest BCUT2D eigenvalue weighted by molar-refractivity contribution is 9.10. The summed E-state index contributed by atoms with van der Waals surface area (Å²) in [6.45, 7) is 1.83. The van der Waals surface area contributed by atoms with E-state index in [4.69, 9.17) is 23.2 Å². The summed E-state index contributed by atoms with van der Waals surface area (Å²) in [5.41, 5.74) is 1.11. The average molecular weight is 362 g/mol. The second-order valence-electron chi connectivity index (χ2n) is 4.04. The summed E-state index contributed by atoms with van der Waals surface area (Å²) in [6, 6.07) is 7.32. The van der Waals surface area contributed by atoms with Crippen molar-refractivity contribution in [2.75, 3.05) is 0 Å². The van der Waals surface area contributed by atoms with Crippen molar-refractivity contribution in [2.24, 2.45) is 0 Å². The summed E-state index contributed by atoms with van der Waals surface area (Å²) in [6.07, 6.45) is 0. The van der Waals surface area contributed by atoms with Gasteiger partial charge in [-0.1, -0.05) is 35.3 Å². The van der Waals surface area contributed by atoms with E-state index in [0.29, 0.717) is 15.1 Å². The Morgan fingerprint density at radius 2 is 1.84 bits per heavy atom. The summed E-state index contributed by atoms with van der Waals surface area (Å²) in [7, 11) is 0. The molecule has 0 heterocycles. The Kier molecular flexibility index (Phi) is 4.29. The largest absolute Gasteiger partial charge is 0.288 e. The minimum absolute atomic E-state index is 0.0758. The van der Waals surface area contributed by atoms with E-state index in [-0.39, 0.29) is 10.6 Å². The van der Waals surface area contributed by atoms with Crippen LogP contribution in [0.3, 0.4) is 0 Å². The van der Waals surface area contributed by atoms with Crippen LogP contribution in [0.2, 0.25) is 10.0 Å². The van der Waals surface area contributed by atoms with Crippen LogP contribution in [0.1, 0.15) is 21.5 Å². The van der Waals surface area contributed by atoms with E-state index in [1.165, 1.54) is 18.2 Å². The first-order chi connectivity index (χ1) is 8.90. The molecule has 0 aliphatic heterocycles. The molecule has 0 unspecified atom stereocenters. The van der Waals surface area contributed by atoms with Gasteiger partial charge in [0.25, 0.3) is 0 Å². The average Bonchev–Trinajstić information content (AvgIpc) is 2.36. The lowest BCUT2D eigenvalue weighted by atomic mass is 10.0. The third kappa shape index (κ3) is 2.99. The SMILES string of the molecule is Cc1ccc(C(=O)c2cc(Cl)c(Br)cc2F)cc1Cl. The molecule has 0 atom stereocenters. The molecule has 2 aromatic rings. The fourth-order valence-electron chi connectivity index (χ4n) is 1.59. The zero-order valence-electron chi connectivity index (χ0n) is 9.81. The molecule has 0 amide bonds. The molecule has 0 N–H and O–H groups in total. The van der Waals surface area contributed by atoms with Gasteiger partial charge in [-0.2, -0.15) is 0 Å². The Labute approximate surface area is 128 Å². The molecule has 19 heavy (non-hydrogen) atoms. The van der Waals surface area contributed by atoms with Crippen LogP contribution in [0.4, 0.5) is 4.39 Å². The maximum absolute atomic E-state index is 13.8. The Morgan fingerprint density at radius 3 is 2.47 bits per heavy atom. The number of carbonyl (C=O) groups excluding carboxylic acids is 1. The molecule has 0 aromatic heterocycles. The molecule has 0 aliphatic carbocycles. The van der Waals surface area contributed by atoms with Crippen LogP contribution < -0.4 is 0 Å². The van der Waals surface area contributed by atoms with E-state index in [1.807, 2.05) is 6.92 Å². The zero-order chi connectivity index (χ0) is 14.2. The highest BCUT2D eigenvalue weighted by Gasteiger charge is 2.17. The summed E-state index contributed by atoms with van der Waals surface area (Å²) in [4.78, 5) is 12.2. The van der Waals surface area contributed by atoms with Crippen LogP contribution in [0, 0.1) is 12.7 Å². The Morgan fingerprint density at radius 1 is 1.16 bits per heavy atom. The van der Waals surface area contributed by atoms with Crippen LogP contribution in [-0.2, 0) is 0 Å². The third-order valence-corrected chi connectivity index (χ3v) is 4.29. The number of aryl methyl sites for hydroxylation is 1. The number of carbonyl (C=O) groups is 1. The predicted molar refractivity (Wildman–Crippen MR) is 78.7 cm³/mol. The molecular formula is C14H8BrCl2FO. The lowest BCUT2D eigenvalue weighted by Gasteiger charge is -2.06. The fraction of sp³-hybridized carbons (Fsp3) is 0.0714. The first kappa shape index (κ1) is 14.5. The maximum Gasteiger partial charge on any atom is 0.196 e. The molecule has 2 rings (SSSR count). The monoisotopic (exact) mass is 360 g/mol. The first-order valence-electron chi connectivity index (χ1n) is 5.35. The topological polar surface area (TPSA) is 17.1 Å². The predicted octanol–water partition coefficient (Wildman–Crippen LogP) is 5.43. The summed E-state index contributed by atoms with van der Waals surface area (Å²) >= 11 is 14.9. The molecule has 98 valence electrons. The van der Waals surface area contributed by atoms with E-state index in [9.17, 15) is 9.18 Å². The van der Waals surface area contributed by atoms with Crippen molar-refractivity contribution in [1.29, 1.82) is 0 Å². The highest BCUT2D eigenvalue weighted by Crippen LogP contribution is 2.27. The van der Waals surface area contributed by atoms with Gasteiger partial charge in [0.05, 0.1) is 10.6 Å². The summed E-state index contributed by atoms with van der Waals surface area (Å²) < 4.78 is 14.2. The number of halogens is 4. The van der Waals surface area contributed by atoms with Gasteiger partial charge in [0.1, 0.15) is 5.82 Å². The fourth-order valence-corrected chi connectivity index (χ4v) is 2.25. The number of rotatable bonds is 2. The number of hydrogen-bond donors (Lipinski definition) is 0. The van der Waals surface area contributed by atoms with Crippen molar-refractivity contribution in [1.82, 2.24) is 0 Å². The molecule has 0 bridgehead atoms. The Hall–Kier alpha value is -0.900. The smallest absolute Gasteiger partial charge is 0.196 e. The van der Waals surface area contributed by atoms with Gasteiger partial charge in [0, 0.05) is 15.1 Å². The van der Waals surface area contributed by atoms with E-state index < -0.39 is 11.6 Å². The van der Waals surface area contributed by atoms with E-state index in [1.54, 1.807) is 12.1 Å². The summed E-state index contributed by atoms with van der Waals surface area (Å²) in [5.74, 6) is -1.08. The van der Waals surface area contributed by atoms with Crippen LogP contribution in [0.15, 0.2) is 34.8 Å². The van der Waals surface area contributed by atoms with Crippen molar-refractivity contribution >= 4 is 44.9 Å². The molecule has 0 radical (unpaired) electrons. The van der Waals surface area contributed by atoms with E-state index in [0.717, 1.165) is 5.56 Å². The van der Waals surface area contributed by atoms with E-state index >= 15 is 0 Å². The molecule has 0 spiro atoms. The second-order valence-corrected chi connectivity index (χ2v) is 5.71. The first-order valence-corrected chi connectivity index (χ1v) is 6.90. The molecular weight excluding hydrogens is 354 g/mol. The Bertz CT molecular complexity index is 671. The lowest BCUT2D eigenvalue weighted by Crippen LogP contribution is -2.05. The van der Waals surface area contributed by atoms with Gasteiger partial charge in [0.2, 0.25) is 0 Å². The van der Waals surface area contributed by atoms with Crippen LogP contribution in [0.5, 0.6) is 0 Å². The molecule has 0 fully saturated rings. The van der Waals surface area contributed by atoms with Crippen LogP contribution >= 0.6 is 39.1 Å². The van der Waals surface area contributed by atoms with Gasteiger partial charge in [-0.05, 0) is 46.6 Å². The molecule has 2 aromatic carbocycles. The molecule has 0 saturated carbocycles. The molecule has 0 aliphatic rings. The van der Waals surface area contributed by atoms with Crippen molar-refractivity contribution in [3.05, 3.63) is 67.4 Å². The van der Waals surface area contributed by atoms with Crippen molar-refractivity contribution in [3.8, 4) is 0 Å². The molecule has 0 saturated heterocycles. The zero-order valence-corrected chi connectivity index (χ0v) is 12.9. The minimum atomic E-state index is -0.627.